The highest BCUT2D eigenvalue weighted by atomic mass is 16.6. The van der Waals surface area contributed by atoms with Crippen molar-refractivity contribution in [1.82, 2.24) is 9.97 Å². The number of hydrogen-bond acceptors (Lipinski definition) is 7. The second-order valence-electron chi connectivity index (χ2n) is 5.07. The zero-order valence-electron chi connectivity index (χ0n) is 15.0. The molecule has 8 heteroatoms. The Morgan fingerprint density at radius 1 is 0.963 bits per heavy atom. The molecule has 0 radical (unpaired) electrons. The number of rotatable bonds is 4. The molecule has 2 heterocycles. The fourth-order valence-electron chi connectivity index (χ4n) is 1.86. The molecule has 1 aromatic carbocycles. The van der Waals surface area contributed by atoms with Gasteiger partial charge in [0.15, 0.2) is 0 Å². The van der Waals surface area contributed by atoms with Crippen molar-refractivity contribution in [2.45, 2.75) is 0 Å². The van der Waals surface area contributed by atoms with Gasteiger partial charge in [-0.05, 0) is 18.2 Å². The Morgan fingerprint density at radius 3 is 2.30 bits per heavy atom. The summed E-state index contributed by atoms with van der Waals surface area (Å²) in [6.45, 7) is 0. The van der Waals surface area contributed by atoms with Crippen LogP contribution in [0, 0.1) is 0 Å². The topological polar surface area (TPSA) is 109 Å². The summed E-state index contributed by atoms with van der Waals surface area (Å²) in [6.07, 6.45) is 4.11. The SMILES string of the molecule is COc1ccc(NC(=O)Oc2ccccc2)cn1.COc1cncc(N)c1. The van der Waals surface area contributed by atoms with E-state index in [1.165, 1.54) is 13.3 Å². The summed E-state index contributed by atoms with van der Waals surface area (Å²) in [7, 11) is 3.11. The molecule has 140 valence electrons. The molecule has 0 fully saturated rings. The smallest absolute Gasteiger partial charge is 0.417 e. The predicted octanol–water partition coefficient (Wildman–Crippen LogP) is 3.37. The van der Waals surface area contributed by atoms with E-state index in [2.05, 4.69) is 15.3 Å². The van der Waals surface area contributed by atoms with E-state index in [0.29, 0.717) is 28.8 Å². The fraction of sp³-hybridized carbons (Fsp3) is 0.105. The number of anilines is 2. The van der Waals surface area contributed by atoms with Gasteiger partial charge in [-0.15, -0.1) is 0 Å². The van der Waals surface area contributed by atoms with Crippen molar-refractivity contribution in [2.75, 3.05) is 25.3 Å². The number of nitrogen functional groups attached to an aromatic ring is 1. The number of methoxy groups -OCH3 is 2. The molecule has 1 amide bonds. The van der Waals surface area contributed by atoms with Crippen molar-refractivity contribution < 1.29 is 19.0 Å². The van der Waals surface area contributed by atoms with Crippen LogP contribution >= 0.6 is 0 Å². The summed E-state index contributed by atoms with van der Waals surface area (Å²) in [6, 6.07) is 13.9. The van der Waals surface area contributed by atoms with Crippen molar-refractivity contribution in [2.24, 2.45) is 0 Å². The Bertz CT molecular complexity index is 842. The first-order chi connectivity index (χ1) is 13.1. The van der Waals surface area contributed by atoms with Crippen LogP contribution in [0.25, 0.3) is 0 Å². The number of para-hydroxylation sites is 1. The second kappa shape index (κ2) is 10.2. The minimum Gasteiger partial charge on any atom is -0.495 e. The maximum absolute atomic E-state index is 11.5. The average molecular weight is 368 g/mol. The van der Waals surface area contributed by atoms with Crippen LogP contribution in [-0.4, -0.2) is 30.3 Å². The molecule has 3 N–H and O–H groups in total. The van der Waals surface area contributed by atoms with Gasteiger partial charge in [-0.2, -0.15) is 0 Å². The highest BCUT2D eigenvalue weighted by Crippen LogP contribution is 2.13. The number of amides is 1. The van der Waals surface area contributed by atoms with Crippen LogP contribution in [-0.2, 0) is 0 Å². The van der Waals surface area contributed by atoms with E-state index in [0.717, 1.165) is 0 Å². The number of nitrogens with two attached hydrogens (primary N) is 1. The van der Waals surface area contributed by atoms with Crippen LogP contribution in [0.3, 0.4) is 0 Å². The molecule has 0 saturated heterocycles. The number of benzene rings is 1. The number of nitrogens with zero attached hydrogens (tertiary/aromatic N) is 2. The maximum Gasteiger partial charge on any atom is 0.417 e. The van der Waals surface area contributed by atoms with Gasteiger partial charge >= 0.3 is 6.09 Å². The lowest BCUT2D eigenvalue weighted by Gasteiger charge is -2.06. The van der Waals surface area contributed by atoms with Crippen molar-refractivity contribution >= 4 is 17.5 Å². The largest absolute Gasteiger partial charge is 0.495 e. The van der Waals surface area contributed by atoms with E-state index < -0.39 is 6.09 Å². The molecule has 0 bridgehead atoms. The van der Waals surface area contributed by atoms with Crippen LogP contribution in [0.1, 0.15) is 0 Å². The fourth-order valence-corrected chi connectivity index (χ4v) is 1.86. The van der Waals surface area contributed by atoms with Crippen LogP contribution in [0.5, 0.6) is 17.4 Å². The standard InChI is InChI=1S/C13H12N2O3.C6H8N2O/c1-17-12-8-7-10(9-14-12)15-13(16)18-11-5-3-2-4-6-11;1-9-6-2-5(7)3-8-4-6/h2-9H,1H3,(H,15,16);2-4H,7H2,1H3. The average Bonchev–Trinajstić information content (AvgIpc) is 2.70. The minimum atomic E-state index is -0.562. The van der Waals surface area contributed by atoms with Crippen LogP contribution < -0.4 is 25.3 Å². The Hall–Kier alpha value is -3.81. The first-order valence-corrected chi connectivity index (χ1v) is 7.89. The molecule has 3 rings (SSSR count). The second-order valence-corrected chi connectivity index (χ2v) is 5.07. The first-order valence-electron chi connectivity index (χ1n) is 7.89. The number of pyridine rings is 2. The Labute approximate surface area is 156 Å². The summed E-state index contributed by atoms with van der Waals surface area (Å²) in [5.74, 6) is 1.66. The van der Waals surface area contributed by atoms with Crippen LogP contribution in [0.4, 0.5) is 16.2 Å². The van der Waals surface area contributed by atoms with Gasteiger partial charge in [0.25, 0.3) is 0 Å². The van der Waals surface area contributed by atoms with E-state index >= 15 is 0 Å². The summed E-state index contributed by atoms with van der Waals surface area (Å²) in [4.78, 5) is 19.3. The van der Waals surface area contributed by atoms with Crippen molar-refractivity contribution in [1.29, 1.82) is 0 Å². The molecule has 2 aromatic heterocycles. The molecule has 0 spiro atoms. The van der Waals surface area contributed by atoms with Crippen molar-refractivity contribution in [3.8, 4) is 17.4 Å². The lowest BCUT2D eigenvalue weighted by atomic mass is 10.3. The van der Waals surface area contributed by atoms with E-state index in [9.17, 15) is 4.79 Å². The molecule has 0 aliphatic carbocycles. The van der Waals surface area contributed by atoms with Crippen LogP contribution in [0.15, 0.2) is 67.1 Å². The van der Waals surface area contributed by atoms with E-state index in [1.807, 2.05) is 6.07 Å². The number of ether oxygens (including phenoxy) is 3. The van der Waals surface area contributed by atoms with E-state index in [4.69, 9.17) is 19.9 Å². The van der Waals surface area contributed by atoms with Gasteiger partial charge in [0.05, 0.1) is 44.2 Å². The molecule has 0 saturated carbocycles. The number of nitrogens with one attached hydrogen (secondary N) is 1. The summed E-state index contributed by atoms with van der Waals surface area (Å²) in [5, 5.41) is 2.56. The zero-order chi connectivity index (χ0) is 19.5. The summed E-state index contributed by atoms with van der Waals surface area (Å²) in [5.41, 5.74) is 6.55. The van der Waals surface area contributed by atoms with Gasteiger partial charge in [0.2, 0.25) is 5.88 Å². The normalized spacial score (nSPS) is 9.41. The molecule has 0 aliphatic heterocycles. The summed E-state index contributed by atoms with van der Waals surface area (Å²) >= 11 is 0. The lowest BCUT2D eigenvalue weighted by Crippen LogP contribution is -2.16. The predicted molar refractivity (Wildman–Crippen MR) is 102 cm³/mol. The molecular weight excluding hydrogens is 348 g/mol. The van der Waals surface area contributed by atoms with Crippen LogP contribution in [0.2, 0.25) is 0 Å². The first kappa shape index (κ1) is 19.5. The van der Waals surface area contributed by atoms with Crippen molar-refractivity contribution in [3.63, 3.8) is 0 Å². The monoisotopic (exact) mass is 368 g/mol. The Balaban J connectivity index is 0.000000244. The third-order valence-corrected chi connectivity index (χ3v) is 3.12. The zero-order valence-corrected chi connectivity index (χ0v) is 15.0. The third-order valence-electron chi connectivity index (χ3n) is 3.12. The maximum atomic E-state index is 11.5. The molecule has 0 atom stereocenters. The van der Waals surface area contributed by atoms with Crippen molar-refractivity contribution in [3.05, 3.63) is 67.1 Å². The van der Waals surface area contributed by atoms with Gasteiger partial charge in [-0.3, -0.25) is 10.3 Å². The quantitative estimate of drug-likeness (QED) is 0.726. The Morgan fingerprint density at radius 2 is 1.74 bits per heavy atom. The number of carbonyl (C=O) groups is 1. The molecule has 8 nitrogen and oxygen atoms in total. The molecule has 3 aromatic rings. The number of hydrogen-bond donors (Lipinski definition) is 2. The van der Waals surface area contributed by atoms with Gasteiger partial charge in [-0.1, -0.05) is 18.2 Å². The van der Waals surface area contributed by atoms with E-state index in [1.54, 1.807) is 62.0 Å². The van der Waals surface area contributed by atoms with Gasteiger partial charge in [-0.25, -0.2) is 9.78 Å². The highest BCUT2D eigenvalue weighted by molar-refractivity contribution is 5.86. The highest BCUT2D eigenvalue weighted by Gasteiger charge is 2.05. The molecule has 0 aliphatic rings. The van der Waals surface area contributed by atoms with Gasteiger partial charge in [0.1, 0.15) is 11.5 Å². The summed E-state index contributed by atoms with van der Waals surface area (Å²) < 4.78 is 14.8. The lowest BCUT2D eigenvalue weighted by molar-refractivity contribution is 0.215. The minimum absolute atomic E-state index is 0.483. The Kier molecular flexibility index (Phi) is 7.40. The molecule has 0 unspecified atom stereocenters. The number of carbonyl (C=O) groups excluding carboxylic acids is 1. The molecular formula is C19H20N4O4. The molecule has 27 heavy (non-hydrogen) atoms. The van der Waals surface area contributed by atoms with E-state index in [-0.39, 0.29) is 0 Å². The third kappa shape index (κ3) is 6.91. The van der Waals surface area contributed by atoms with Gasteiger partial charge in [0, 0.05) is 12.1 Å². The number of aromatic nitrogens is 2. The van der Waals surface area contributed by atoms with Gasteiger partial charge < -0.3 is 19.9 Å².